The van der Waals surface area contributed by atoms with Crippen LogP contribution in [0.5, 0.6) is 0 Å². The summed E-state index contributed by atoms with van der Waals surface area (Å²) in [7, 11) is 2.08. The predicted octanol–water partition coefficient (Wildman–Crippen LogP) is 2.16. The molecule has 2 aliphatic carbocycles. The predicted molar refractivity (Wildman–Crippen MR) is 65.0 cm³/mol. The Labute approximate surface area is 94.2 Å². The molecule has 0 aliphatic heterocycles. The van der Waals surface area contributed by atoms with E-state index in [4.69, 9.17) is 0 Å². The second-order valence-electron chi connectivity index (χ2n) is 5.65. The lowest BCUT2D eigenvalue weighted by atomic mass is 9.68. The molecule has 2 aliphatic rings. The van der Waals surface area contributed by atoms with E-state index in [-0.39, 0.29) is 0 Å². The monoisotopic (exact) mass is 210 g/mol. The molecule has 0 aromatic heterocycles. The smallest absolute Gasteiger partial charge is 0.00200 e. The van der Waals surface area contributed by atoms with Crippen molar-refractivity contribution in [1.29, 1.82) is 0 Å². The molecule has 0 radical (unpaired) electrons. The first-order chi connectivity index (χ1) is 7.35. The molecule has 2 fully saturated rings. The zero-order valence-corrected chi connectivity index (χ0v) is 10.1. The molecular formula is C13H26N2. The largest absolute Gasteiger partial charge is 0.319 e. The highest BCUT2D eigenvalue weighted by molar-refractivity contribution is 4.91. The summed E-state index contributed by atoms with van der Waals surface area (Å²) in [5.41, 5.74) is 0.606. The fourth-order valence-electron chi connectivity index (χ4n) is 2.91. The van der Waals surface area contributed by atoms with Gasteiger partial charge in [-0.15, -0.1) is 0 Å². The Morgan fingerprint density at radius 3 is 2.40 bits per heavy atom. The van der Waals surface area contributed by atoms with Gasteiger partial charge in [-0.05, 0) is 44.2 Å². The average molecular weight is 210 g/mol. The molecule has 15 heavy (non-hydrogen) atoms. The maximum atomic E-state index is 3.67. The van der Waals surface area contributed by atoms with Crippen molar-refractivity contribution in [3.8, 4) is 0 Å². The van der Waals surface area contributed by atoms with Gasteiger partial charge in [-0.25, -0.2) is 0 Å². The molecule has 2 N–H and O–H groups in total. The Kier molecular flexibility index (Phi) is 4.04. The van der Waals surface area contributed by atoms with Gasteiger partial charge < -0.3 is 10.6 Å². The zero-order chi connectivity index (χ0) is 10.6. The quantitative estimate of drug-likeness (QED) is 0.629. The summed E-state index contributed by atoms with van der Waals surface area (Å²) in [6.07, 6.45) is 10.1. The number of nitrogens with one attached hydrogen (secondary N) is 2. The fourth-order valence-corrected chi connectivity index (χ4v) is 2.91. The van der Waals surface area contributed by atoms with E-state index in [2.05, 4.69) is 17.7 Å². The van der Waals surface area contributed by atoms with Crippen LogP contribution in [0.3, 0.4) is 0 Å². The van der Waals surface area contributed by atoms with Crippen LogP contribution in [0.15, 0.2) is 0 Å². The molecule has 0 atom stereocenters. The highest BCUT2D eigenvalue weighted by Gasteiger charge is 2.35. The molecule has 0 heterocycles. The van der Waals surface area contributed by atoms with Crippen molar-refractivity contribution in [3.63, 3.8) is 0 Å². The maximum Gasteiger partial charge on any atom is 0.00200 e. The van der Waals surface area contributed by atoms with Crippen molar-refractivity contribution in [2.45, 2.75) is 44.9 Å². The topological polar surface area (TPSA) is 24.1 Å². The van der Waals surface area contributed by atoms with Crippen LogP contribution in [0.2, 0.25) is 0 Å². The minimum atomic E-state index is 0.606. The summed E-state index contributed by atoms with van der Waals surface area (Å²) in [4.78, 5) is 0. The van der Waals surface area contributed by atoms with Crippen molar-refractivity contribution in [3.05, 3.63) is 0 Å². The van der Waals surface area contributed by atoms with E-state index in [1.165, 1.54) is 64.6 Å². The lowest BCUT2D eigenvalue weighted by molar-refractivity contribution is 0.129. The average Bonchev–Trinajstić information content (AvgIpc) is 2.10. The van der Waals surface area contributed by atoms with E-state index < -0.39 is 0 Å². The first-order valence-electron chi connectivity index (χ1n) is 6.70. The molecule has 0 bridgehead atoms. The third-order valence-corrected chi connectivity index (χ3v) is 4.42. The Hall–Kier alpha value is -0.0800. The van der Waals surface area contributed by atoms with Crippen LogP contribution in [-0.2, 0) is 0 Å². The van der Waals surface area contributed by atoms with Crippen LogP contribution in [-0.4, -0.2) is 26.7 Å². The van der Waals surface area contributed by atoms with Crippen LogP contribution < -0.4 is 10.6 Å². The van der Waals surface area contributed by atoms with Gasteiger partial charge in [-0.1, -0.05) is 25.7 Å². The van der Waals surface area contributed by atoms with E-state index in [1.54, 1.807) is 0 Å². The van der Waals surface area contributed by atoms with E-state index in [1.807, 2.05) is 0 Å². The number of hydrogen-bond donors (Lipinski definition) is 2. The lowest BCUT2D eigenvalue weighted by Crippen LogP contribution is -2.46. The molecule has 2 nitrogen and oxygen atoms in total. The van der Waals surface area contributed by atoms with Crippen molar-refractivity contribution in [1.82, 2.24) is 10.6 Å². The minimum absolute atomic E-state index is 0.606. The zero-order valence-electron chi connectivity index (χ0n) is 10.1. The summed E-state index contributed by atoms with van der Waals surface area (Å²) < 4.78 is 0. The molecule has 2 saturated carbocycles. The summed E-state index contributed by atoms with van der Waals surface area (Å²) in [5.74, 6) is 1.05. The molecule has 0 aromatic carbocycles. The number of rotatable bonds is 7. The highest BCUT2D eigenvalue weighted by atomic mass is 14.9. The van der Waals surface area contributed by atoms with Crippen LogP contribution in [0, 0.1) is 11.3 Å². The van der Waals surface area contributed by atoms with Gasteiger partial charge in [0.1, 0.15) is 0 Å². The van der Waals surface area contributed by atoms with Gasteiger partial charge in [0.2, 0.25) is 0 Å². The summed E-state index contributed by atoms with van der Waals surface area (Å²) >= 11 is 0. The normalized spacial score (nSPS) is 24.6. The van der Waals surface area contributed by atoms with E-state index in [0.717, 1.165) is 5.92 Å². The molecule has 2 rings (SSSR count). The molecule has 0 saturated heterocycles. The number of hydrogen-bond acceptors (Lipinski definition) is 2. The Bertz CT molecular complexity index is 183. The van der Waals surface area contributed by atoms with Crippen molar-refractivity contribution < 1.29 is 0 Å². The molecule has 88 valence electrons. The lowest BCUT2D eigenvalue weighted by Gasteiger charge is -2.42. The van der Waals surface area contributed by atoms with Crippen molar-refractivity contribution >= 4 is 0 Å². The second kappa shape index (κ2) is 5.31. The highest BCUT2D eigenvalue weighted by Crippen LogP contribution is 2.39. The van der Waals surface area contributed by atoms with Crippen LogP contribution >= 0.6 is 0 Å². The van der Waals surface area contributed by atoms with E-state index in [0.29, 0.717) is 5.41 Å². The van der Waals surface area contributed by atoms with Crippen molar-refractivity contribution in [2.75, 3.05) is 26.7 Å². The maximum absolute atomic E-state index is 3.67. The van der Waals surface area contributed by atoms with Gasteiger partial charge >= 0.3 is 0 Å². The van der Waals surface area contributed by atoms with Crippen LogP contribution in [0.25, 0.3) is 0 Å². The first kappa shape index (κ1) is 11.4. The van der Waals surface area contributed by atoms with Gasteiger partial charge in [0.15, 0.2) is 0 Å². The Morgan fingerprint density at radius 1 is 1.13 bits per heavy atom. The van der Waals surface area contributed by atoms with Gasteiger partial charge in [0.25, 0.3) is 0 Å². The standard InChI is InChI=1S/C13H26N2/c1-14-10-13(7-3-8-13)11-15-9-6-12-4-2-5-12/h12,14-15H,2-11H2,1H3. The molecule has 0 spiro atoms. The van der Waals surface area contributed by atoms with Crippen molar-refractivity contribution in [2.24, 2.45) is 11.3 Å². The molecular weight excluding hydrogens is 184 g/mol. The molecule has 0 unspecified atom stereocenters. The molecule has 0 aromatic rings. The van der Waals surface area contributed by atoms with Gasteiger partial charge in [-0.2, -0.15) is 0 Å². The van der Waals surface area contributed by atoms with E-state index in [9.17, 15) is 0 Å². The van der Waals surface area contributed by atoms with Crippen LogP contribution in [0.4, 0.5) is 0 Å². The van der Waals surface area contributed by atoms with Gasteiger partial charge in [-0.3, -0.25) is 0 Å². The SMILES string of the molecule is CNCC1(CNCCC2CCC2)CCC1. The van der Waals surface area contributed by atoms with Gasteiger partial charge in [0.05, 0.1) is 0 Å². The van der Waals surface area contributed by atoms with Crippen LogP contribution in [0.1, 0.15) is 44.9 Å². The Balaban J connectivity index is 1.55. The summed E-state index contributed by atoms with van der Waals surface area (Å²) in [5, 5.41) is 7.01. The Morgan fingerprint density at radius 2 is 1.93 bits per heavy atom. The minimum Gasteiger partial charge on any atom is -0.319 e. The van der Waals surface area contributed by atoms with E-state index >= 15 is 0 Å². The second-order valence-corrected chi connectivity index (χ2v) is 5.65. The molecule has 0 amide bonds. The fraction of sp³-hybridized carbons (Fsp3) is 1.00. The summed E-state index contributed by atoms with van der Waals surface area (Å²) in [6, 6.07) is 0. The third-order valence-electron chi connectivity index (χ3n) is 4.42. The molecule has 2 heteroatoms. The third kappa shape index (κ3) is 2.94. The first-order valence-corrected chi connectivity index (χ1v) is 6.70. The van der Waals surface area contributed by atoms with Gasteiger partial charge in [0, 0.05) is 13.1 Å². The summed E-state index contributed by atoms with van der Waals surface area (Å²) in [6.45, 7) is 3.68.